The van der Waals surface area contributed by atoms with Crippen molar-refractivity contribution in [3.63, 3.8) is 0 Å². The topological polar surface area (TPSA) is 27.7 Å². The van der Waals surface area contributed by atoms with Gasteiger partial charge in [-0.1, -0.05) is 61.2 Å². The van der Waals surface area contributed by atoms with E-state index in [-0.39, 0.29) is 0 Å². The van der Waals surface area contributed by atoms with Gasteiger partial charge in [-0.05, 0) is 37.3 Å². The highest BCUT2D eigenvalue weighted by molar-refractivity contribution is 5.24. The molecule has 0 unspecified atom stereocenters. The van der Waals surface area contributed by atoms with Crippen LogP contribution in [0.3, 0.4) is 0 Å². The molecule has 0 spiro atoms. The van der Waals surface area contributed by atoms with Gasteiger partial charge in [0.2, 0.25) is 0 Å². The molecule has 0 saturated carbocycles. The molecule has 3 heteroatoms. The molecule has 124 valence electrons. The molecule has 2 aromatic carbocycles. The van der Waals surface area contributed by atoms with Crippen molar-refractivity contribution in [1.82, 2.24) is 0 Å². The first kappa shape index (κ1) is 17.4. The third kappa shape index (κ3) is 5.69. The minimum absolute atomic E-state index is 0.433. The zero-order valence-electron chi connectivity index (χ0n) is 14.0. The van der Waals surface area contributed by atoms with Crippen LogP contribution in [0.4, 0.5) is 0 Å². The largest absolute Gasteiger partial charge is 0.421 e. The Kier molecular flexibility index (Phi) is 6.26. The summed E-state index contributed by atoms with van der Waals surface area (Å²) in [6.07, 6.45) is 7.40. The summed E-state index contributed by atoms with van der Waals surface area (Å²) < 4.78 is 17.7. The first-order chi connectivity index (χ1) is 11.6. The van der Waals surface area contributed by atoms with Gasteiger partial charge in [-0.3, -0.25) is 0 Å². The number of rotatable bonds is 8. The Morgan fingerprint density at radius 1 is 0.875 bits per heavy atom. The van der Waals surface area contributed by atoms with Gasteiger partial charge in [-0.15, -0.1) is 0 Å². The molecule has 0 aromatic heterocycles. The average molecular weight is 322 g/mol. The van der Waals surface area contributed by atoms with E-state index in [0.29, 0.717) is 17.3 Å². The van der Waals surface area contributed by atoms with Crippen LogP contribution in [0, 0.1) is 0 Å². The molecule has 0 amide bonds. The third-order valence-electron chi connectivity index (χ3n) is 3.00. The van der Waals surface area contributed by atoms with Crippen molar-refractivity contribution < 1.29 is 14.2 Å². The number of para-hydroxylation sites is 2. The highest BCUT2D eigenvalue weighted by atomic mass is 16.9. The van der Waals surface area contributed by atoms with Crippen LogP contribution in [0.2, 0.25) is 0 Å². The molecule has 2 aromatic rings. The van der Waals surface area contributed by atoms with E-state index < -0.39 is 5.97 Å². The normalized spacial score (nSPS) is 11.6. The van der Waals surface area contributed by atoms with Crippen LogP contribution >= 0.6 is 0 Å². The number of hydrogen-bond acceptors (Lipinski definition) is 3. The lowest BCUT2D eigenvalue weighted by molar-refractivity contribution is -0.266. The lowest BCUT2D eigenvalue weighted by Crippen LogP contribution is -2.41. The van der Waals surface area contributed by atoms with Gasteiger partial charge in [0.25, 0.3) is 0 Å². The summed E-state index contributed by atoms with van der Waals surface area (Å²) in [5, 5.41) is 0. The van der Waals surface area contributed by atoms with Gasteiger partial charge in [-0.25, -0.2) is 0 Å². The van der Waals surface area contributed by atoms with Crippen molar-refractivity contribution >= 4 is 0 Å². The van der Waals surface area contributed by atoms with Crippen LogP contribution < -0.4 is 9.47 Å². The highest BCUT2D eigenvalue weighted by Crippen LogP contribution is 2.25. The fourth-order valence-corrected chi connectivity index (χ4v) is 2.01. The summed E-state index contributed by atoms with van der Waals surface area (Å²) >= 11 is 0. The summed E-state index contributed by atoms with van der Waals surface area (Å²) in [5.41, 5.74) is 0. The van der Waals surface area contributed by atoms with Crippen molar-refractivity contribution in [3.05, 3.63) is 97.3 Å². The maximum Gasteiger partial charge on any atom is 0.414 e. The number of benzene rings is 2. The molecule has 2 rings (SSSR count). The van der Waals surface area contributed by atoms with E-state index in [1.165, 1.54) is 0 Å². The maximum absolute atomic E-state index is 5.93. The predicted molar refractivity (Wildman–Crippen MR) is 96.7 cm³/mol. The Hall–Kier alpha value is -2.94. The molecular weight excluding hydrogens is 300 g/mol. The Morgan fingerprint density at radius 3 is 1.83 bits per heavy atom. The highest BCUT2D eigenvalue weighted by Gasteiger charge is 2.32. The third-order valence-corrected chi connectivity index (χ3v) is 3.00. The maximum atomic E-state index is 5.93. The van der Waals surface area contributed by atoms with Gasteiger partial charge in [0.1, 0.15) is 17.3 Å². The summed E-state index contributed by atoms with van der Waals surface area (Å²) in [7, 11) is 0. The minimum Gasteiger partial charge on any atom is -0.421 e. The molecule has 0 radical (unpaired) electrons. The van der Waals surface area contributed by atoms with Crippen molar-refractivity contribution in [2.45, 2.75) is 19.8 Å². The van der Waals surface area contributed by atoms with Crippen LogP contribution in [-0.2, 0) is 4.74 Å². The van der Waals surface area contributed by atoms with E-state index in [2.05, 4.69) is 6.58 Å². The van der Waals surface area contributed by atoms with Crippen LogP contribution in [0.15, 0.2) is 97.3 Å². The smallest absolute Gasteiger partial charge is 0.414 e. The predicted octanol–water partition coefficient (Wildman–Crippen LogP) is 5.48. The lowest BCUT2D eigenvalue weighted by Gasteiger charge is -2.31. The van der Waals surface area contributed by atoms with Gasteiger partial charge in [0, 0.05) is 0 Å². The Bertz CT molecular complexity index is 646. The molecule has 0 bridgehead atoms. The molecule has 0 aliphatic carbocycles. The van der Waals surface area contributed by atoms with E-state index in [9.17, 15) is 0 Å². The van der Waals surface area contributed by atoms with Crippen LogP contribution in [0.5, 0.6) is 11.5 Å². The molecule has 0 heterocycles. The van der Waals surface area contributed by atoms with Crippen LogP contribution in [-0.4, -0.2) is 5.97 Å². The Labute approximate surface area is 143 Å². The zero-order valence-corrected chi connectivity index (χ0v) is 14.0. The van der Waals surface area contributed by atoms with Gasteiger partial charge in [-0.2, -0.15) is 0 Å². The van der Waals surface area contributed by atoms with Gasteiger partial charge in [0.15, 0.2) is 0 Å². The van der Waals surface area contributed by atoms with E-state index in [1.807, 2.05) is 85.8 Å². The molecule has 0 aliphatic rings. The minimum atomic E-state index is -1.35. The molecular formula is C21H22O3. The molecule has 0 atom stereocenters. The second-order valence-corrected chi connectivity index (χ2v) is 5.15. The summed E-state index contributed by atoms with van der Waals surface area (Å²) in [4.78, 5) is 0. The zero-order chi connectivity index (χ0) is 17.3. The van der Waals surface area contributed by atoms with E-state index in [0.717, 1.165) is 0 Å². The first-order valence-electron chi connectivity index (χ1n) is 7.77. The molecule has 0 fully saturated rings. The lowest BCUT2D eigenvalue weighted by atomic mass is 10.3. The standard InChI is InChI=1S/C21H22O3/c1-4-5-8-13-18(2)22-21(3,23-19-14-9-6-10-15-19)24-20-16-11-7-12-17-20/h4-17H,2H2,1,3H3/b5-4-,13-8-. The van der Waals surface area contributed by atoms with Gasteiger partial charge < -0.3 is 14.2 Å². The van der Waals surface area contributed by atoms with Crippen molar-refractivity contribution in [2.24, 2.45) is 0 Å². The summed E-state index contributed by atoms with van der Waals surface area (Å²) in [6, 6.07) is 18.8. The number of ether oxygens (including phenoxy) is 3. The van der Waals surface area contributed by atoms with Crippen molar-refractivity contribution in [1.29, 1.82) is 0 Å². The van der Waals surface area contributed by atoms with Gasteiger partial charge >= 0.3 is 5.97 Å². The molecule has 0 N–H and O–H groups in total. The SMILES string of the molecule is C=C(/C=C\C=C/C)OC(C)(Oc1ccccc1)Oc1ccccc1. The molecule has 0 aliphatic heterocycles. The van der Waals surface area contributed by atoms with Crippen LogP contribution in [0.1, 0.15) is 13.8 Å². The average Bonchev–Trinajstić information content (AvgIpc) is 2.56. The first-order valence-corrected chi connectivity index (χ1v) is 7.77. The number of allylic oxidation sites excluding steroid dienone is 4. The fraction of sp³-hybridized carbons (Fsp3) is 0.143. The second-order valence-electron chi connectivity index (χ2n) is 5.15. The van der Waals surface area contributed by atoms with Gasteiger partial charge in [0.05, 0.1) is 6.92 Å². The molecule has 0 saturated heterocycles. The quantitative estimate of drug-likeness (QED) is 0.366. The summed E-state index contributed by atoms with van der Waals surface area (Å²) in [5.74, 6) is 0.366. The second kappa shape index (κ2) is 8.63. The Morgan fingerprint density at radius 2 is 1.38 bits per heavy atom. The van der Waals surface area contributed by atoms with Crippen molar-refractivity contribution in [3.8, 4) is 11.5 Å². The van der Waals surface area contributed by atoms with E-state index >= 15 is 0 Å². The van der Waals surface area contributed by atoms with E-state index in [4.69, 9.17) is 14.2 Å². The summed E-state index contributed by atoms with van der Waals surface area (Å²) in [6.45, 7) is 7.54. The number of hydrogen-bond donors (Lipinski definition) is 0. The molecule has 3 nitrogen and oxygen atoms in total. The Balaban J connectivity index is 2.18. The molecule has 24 heavy (non-hydrogen) atoms. The van der Waals surface area contributed by atoms with Crippen molar-refractivity contribution in [2.75, 3.05) is 0 Å². The fourth-order valence-electron chi connectivity index (χ4n) is 2.01. The van der Waals surface area contributed by atoms with E-state index in [1.54, 1.807) is 13.0 Å². The monoisotopic (exact) mass is 322 g/mol. The van der Waals surface area contributed by atoms with Crippen LogP contribution in [0.25, 0.3) is 0 Å².